The third kappa shape index (κ3) is 3.09. The maximum Gasteiger partial charge on any atom is 0.394 e. The molecule has 2 unspecified atom stereocenters. The van der Waals surface area contributed by atoms with Crippen LogP contribution in [0, 0.1) is 19.3 Å². The molecule has 7 nitrogen and oxygen atoms in total. The molecule has 0 aromatic carbocycles. The normalized spacial score (nSPS) is 31.8. The number of hydrogen-bond acceptors (Lipinski definition) is 5. The third-order valence-electron chi connectivity index (χ3n) is 9.10. The minimum Gasteiger partial charge on any atom is -0.373 e. The molecule has 10 heteroatoms. The molecule has 0 radical (unpaired) electrons. The Balaban J connectivity index is 1.27. The summed E-state index contributed by atoms with van der Waals surface area (Å²) in [5.74, 6) is 0.0219. The van der Waals surface area contributed by atoms with Crippen LogP contribution in [0.3, 0.4) is 0 Å². The first kappa shape index (κ1) is 22.4. The fraction of sp³-hybridized carbons (Fsp3) is 0.615. The first-order chi connectivity index (χ1) is 17.1. The average Bonchev–Trinajstić information content (AvgIpc) is 3.51. The predicted molar refractivity (Wildman–Crippen MR) is 124 cm³/mol. The van der Waals surface area contributed by atoms with Gasteiger partial charge in [-0.25, -0.2) is 4.98 Å². The highest BCUT2D eigenvalue weighted by Crippen LogP contribution is 2.78. The lowest BCUT2D eigenvalue weighted by Crippen LogP contribution is -2.70. The number of ether oxygens (including phenoxy) is 1. The fourth-order valence-corrected chi connectivity index (χ4v) is 6.64. The van der Waals surface area contributed by atoms with Crippen molar-refractivity contribution >= 4 is 5.65 Å². The van der Waals surface area contributed by atoms with Crippen LogP contribution in [-0.2, 0) is 10.2 Å². The van der Waals surface area contributed by atoms with E-state index in [1.54, 1.807) is 13.8 Å². The molecule has 0 spiro atoms. The highest BCUT2D eigenvalue weighted by atomic mass is 19.4. The van der Waals surface area contributed by atoms with Gasteiger partial charge in [-0.3, -0.25) is 9.48 Å². The van der Waals surface area contributed by atoms with Crippen molar-refractivity contribution in [3.8, 4) is 0 Å². The minimum absolute atomic E-state index is 0.0219. The van der Waals surface area contributed by atoms with Crippen LogP contribution in [0.4, 0.5) is 13.2 Å². The van der Waals surface area contributed by atoms with Gasteiger partial charge in [0, 0.05) is 46.5 Å². The van der Waals surface area contributed by atoms with Gasteiger partial charge in [0.1, 0.15) is 0 Å². The van der Waals surface area contributed by atoms with Gasteiger partial charge in [0.05, 0.1) is 29.5 Å². The van der Waals surface area contributed by atoms with Gasteiger partial charge >= 0.3 is 6.18 Å². The Bertz CT molecular complexity index is 1430. The lowest BCUT2D eigenvalue weighted by Gasteiger charge is -2.70. The Labute approximate surface area is 205 Å². The van der Waals surface area contributed by atoms with E-state index in [1.807, 2.05) is 16.9 Å². The maximum absolute atomic E-state index is 13.6. The third-order valence-corrected chi connectivity index (χ3v) is 9.10. The Morgan fingerprint density at radius 3 is 2.58 bits per heavy atom. The van der Waals surface area contributed by atoms with Gasteiger partial charge in [-0.15, -0.1) is 0 Å². The van der Waals surface area contributed by atoms with Crippen LogP contribution < -0.4 is 5.56 Å². The molecular weight excluding hydrogens is 471 g/mol. The number of rotatable bonds is 4. The van der Waals surface area contributed by atoms with Crippen LogP contribution in [-0.4, -0.2) is 37.2 Å². The van der Waals surface area contributed by atoms with E-state index in [4.69, 9.17) is 9.84 Å². The number of hydrogen-bond donors (Lipinski definition) is 0. The van der Waals surface area contributed by atoms with Crippen molar-refractivity contribution in [2.45, 2.75) is 88.4 Å². The van der Waals surface area contributed by atoms with Crippen molar-refractivity contribution in [2.24, 2.45) is 5.41 Å². The summed E-state index contributed by atoms with van der Waals surface area (Å²) in [6.07, 6.45) is 3.49. The Morgan fingerprint density at radius 1 is 1.14 bits per heavy atom. The second-order valence-corrected chi connectivity index (χ2v) is 11.5. The first-order valence-corrected chi connectivity index (χ1v) is 12.7. The Morgan fingerprint density at radius 2 is 1.89 bits per heavy atom. The van der Waals surface area contributed by atoms with Gasteiger partial charge in [0.2, 0.25) is 0 Å². The van der Waals surface area contributed by atoms with Crippen LogP contribution in [0.25, 0.3) is 5.65 Å². The largest absolute Gasteiger partial charge is 0.394 e. The molecule has 36 heavy (non-hydrogen) atoms. The van der Waals surface area contributed by atoms with E-state index in [1.165, 1.54) is 4.52 Å². The number of aryl methyl sites for hydroxylation is 1. The number of alkyl halides is 3. The lowest BCUT2D eigenvalue weighted by molar-refractivity contribution is -0.336. The number of fused-ring (bicyclic) bond motifs is 1. The molecule has 8 rings (SSSR count). The van der Waals surface area contributed by atoms with Crippen molar-refractivity contribution in [2.75, 3.05) is 6.61 Å². The summed E-state index contributed by atoms with van der Waals surface area (Å²) in [7, 11) is 0. The fourth-order valence-electron chi connectivity index (χ4n) is 6.64. The summed E-state index contributed by atoms with van der Waals surface area (Å²) >= 11 is 0. The molecule has 4 saturated carbocycles. The molecule has 1 saturated heterocycles. The molecule has 5 fully saturated rings. The second-order valence-electron chi connectivity index (χ2n) is 11.5. The van der Waals surface area contributed by atoms with E-state index < -0.39 is 17.0 Å². The highest BCUT2D eigenvalue weighted by Gasteiger charge is 2.79. The van der Waals surface area contributed by atoms with E-state index in [2.05, 4.69) is 16.3 Å². The van der Waals surface area contributed by atoms with Gasteiger partial charge in [0.25, 0.3) is 5.56 Å². The molecule has 190 valence electrons. The molecule has 3 aromatic rings. The molecule has 5 aliphatic rings. The van der Waals surface area contributed by atoms with E-state index in [0.717, 1.165) is 36.1 Å². The molecule has 3 aromatic heterocycles. The van der Waals surface area contributed by atoms with E-state index in [9.17, 15) is 18.0 Å². The number of nitrogens with zero attached hydrogens (tertiary/aromatic N) is 5. The quantitative estimate of drug-likeness (QED) is 0.513. The highest BCUT2D eigenvalue weighted by molar-refractivity contribution is 5.57. The van der Waals surface area contributed by atoms with Crippen molar-refractivity contribution in [1.29, 1.82) is 0 Å². The van der Waals surface area contributed by atoms with Gasteiger partial charge in [-0.05, 0) is 64.9 Å². The van der Waals surface area contributed by atoms with Gasteiger partial charge in [-0.2, -0.15) is 27.9 Å². The van der Waals surface area contributed by atoms with Crippen LogP contribution in [0.5, 0.6) is 0 Å². The van der Waals surface area contributed by atoms with E-state index >= 15 is 0 Å². The van der Waals surface area contributed by atoms with Crippen molar-refractivity contribution < 1.29 is 17.9 Å². The van der Waals surface area contributed by atoms with E-state index in [-0.39, 0.29) is 36.8 Å². The van der Waals surface area contributed by atoms with Crippen LogP contribution >= 0.6 is 0 Å². The number of halogens is 3. The molecule has 2 atom stereocenters. The molecule has 4 heterocycles. The predicted octanol–water partition coefficient (Wildman–Crippen LogP) is 4.86. The van der Waals surface area contributed by atoms with Gasteiger partial charge in [0.15, 0.2) is 5.65 Å². The van der Waals surface area contributed by atoms with E-state index in [0.29, 0.717) is 36.0 Å². The molecule has 4 aliphatic carbocycles. The molecular formula is C26H28F3N5O2. The zero-order chi connectivity index (χ0) is 25.0. The summed E-state index contributed by atoms with van der Waals surface area (Å²) < 4.78 is 50.3. The summed E-state index contributed by atoms with van der Waals surface area (Å²) in [4.78, 5) is 17.9. The zero-order valence-corrected chi connectivity index (χ0v) is 20.3. The number of aromatic nitrogens is 5. The Kier molecular flexibility index (Phi) is 4.47. The molecule has 1 aliphatic heterocycles. The van der Waals surface area contributed by atoms with Crippen molar-refractivity contribution in [3.63, 3.8) is 0 Å². The topological polar surface area (TPSA) is 74.3 Å². The van der Waals surface area contributed by atoms with Crippen LogP contribution in [0.1, 0.15) is 91.1 Å². The maximum atomic E-state index is 13.6. The lowest BCUT2D eigenvalue weighted by atomic mass is 9.33. The van der Waals surface area contributed by atoms with Gasteiger partial charge in [-0.1, -0.05) is 0 Å². The Hall–Kier alpha value is -2.75. The average molecular weight is 500 g/mol. The van der Waals surface area contributed by atoms with Crippen molar-refractivity contribution in [3.05, 3.63) is 56.9 Å². The molecule has 2 bridgehead atoms. The van der Waals surface area contributed by atoms with Crippen molar-refractivity contribution in [1.82, 2.24) is 24.4 Å². The SMILES string of the molecule is Cc1nc2c(C34CC(C(F)(F)F)(C3)C4)cc(C3CCOC(c4cnn(C5CC5)c4)C3)nn2c(=O)c1C. The molecule has 0 amide bonds. The standard InChI is InChI=1S/C26H28F3N5O2/c1-14-15(2)31-22-19(24-11-25(12-24,13-24)26(27,28)29)8-20(32-34(22)23(14)35)16-5-6-36-21(7-16)17-9-30-33(10-17)18-3-4-18/h8-10,16,18,21H,3-7,11-13H2,1-2H3. The summed E-state index contributed by atoms with van der Waals surface area (Å²) in [5, 5.41) is 9.22. The van der Waals surface area contributed by atoms with Gasteiger partial charge < -0.3 is 4.74 Å². The summed E-state index contributed by atoms with van der Waals surface area (Å²) in [6.45, 7) is 4.02. The zero-order valence-electron chi connectivity index (χ0n) is 20.3. The van der Waals surface area contributed by atoms with Crippen LogP contribution in [0.2, 0.25) is 0 Å². The monoisotopic (exact) mass is 499 g/mol. The summed E-state index contributed by atoms with van der Waals surface area (Å²) in [6, 6.07) is 2.43. The smallest absolute Gasteiger partial charge is 0.373 e. The van der Waals surface area contributed by atoms with Crippen LogP contribution in [0.15, 0.2) is 23.3 Å². The minimum atomic E-state index is -4.20. The molecule has 0 N–H and O–H groups in total. The second kappa shape index (κ2) is 7.18. The first-order valence-electron chi connectivity index (χ1n) is 12.7. The summed E-state index contributed by atoms with van der Waals surface area (Å²) in [5.41, 5.74) is 1.57.